The number of rotatable bonds is 3. The molecule has 0 aliphatic carbocycles. The second-order valence-corrected chi connectivity index (χ2v) is 6.11. The highest BCUT2D eigenvalue weighted by atomic mass is 32.1. The van der Waals surface area contributed by atoms with E-state index in [1.165, 1.54) is 16.2 Å². The topological polar surface area (TPSA) is 74.1 Å². The third-order valence-corrected chi connectivity index (χ3v) is 4.89. The minimum atomic E-state index is -0.902. The normalized spacial score (nSPS) is 19.7. The number of carbonyl (C=O) groups is 2. The van der Waals surface area contributed by atoms with Crippen LogP contribution in [0.15, 0.2) is 24.3 Å². The summed E-state index contributed by atoms with van der Waals surface area (Å²) in [6.45, 7) is 0. The monoisotopic (exact) mass is 299 g/mol. The van der Waals surface area contributed by atoms with Gasteiger partial charge in [-0.15, -0.1) is 11.3 Å². The molecule has 0 saturated carbocycles. The molecule has 2 aromatic rings. The maximum atomic E-state index is 12.6. The molecule has 106 valence electrons. The quantitative estimate of drug-likeness (QED) is 0.870. The van der Waals surface area contributed by atoms with E-state index in [1.54, 1.807) is 7.05 Å². The van der Waals surface area contributed by atoms with Crippen molar-refractivity contribution in [3.05, 3.63) is 29.3 Å². The fourth-order valence-corrected chi connectivity index (χ4v) is 3.60. The molecule has 21 heavy (non-hydrogen) atoms. The molecule has 0 N–H and O–H groups in total. The minimum absolute atomic E-state index is 0.0469. The van der Waals surface area contributed by atoms with E-state index >= 15 is 0 Å². The predicted octanol–water partition coefficient (Wildman–Crippen LogP) is 2.09. The molecule has 1 aromatic carbocycles. The van der Waals surface area contributed by atoms with Crippen molar-refractivity contribution in [2.45, 2.75) is 24.8 Å². The van der Waals surface area contributed by atoms with Gasteiger partial charge in [-0.2, -0.15) is 5.26 Å². The van der Waals surface area contributed by atoms with Crippen LogP contribution in [0.1, 0.15) is 23.8 Å². The van der Waals surface area contributed by atoms with E-state index in [-0.39, 0.29) is 11.7 Å². The van der Waals surface area contributed by atoms with Crippen LogP contribution in [-0.2, 0) is 9.59 Å². The Bertz CT molecular complexity index is 729. The lowest BCUT2D eigenvalue weighted by molar-refractivity contribution is -0.133. The Morgan fingerprint density at radius 3 is 2.90 bits per heavy atom. The van der Waals surface area contributed by atoms with Gasteiger partial charge in [0.15, 0.2) is 11.7 Å². The summed E-state index contributed by atoms with van der Waals surface area (Å²) in [5, 5.41) is 9.89. The number of hydrogen-bond acceptors (Lipinski definition) is 5. The number of nitriles is 1. The standard InChI is InChI=1S/C15H13N3O2S/c1-18-11(6-7-13(18)19)14(20)9(8-16)15-17-10-4-2-3-5-12(10)21-15/h2-5,9,11H,6-7H2,1H3. The Balaban J connectivity index is 1.93. The lowest BCUT2D eigenvalue weighted by Gasteiger charge is -2.19. The summed E-state index contributed by atoms with van der Waals surface area (Å²) in [4.78, 5) is 30.0. The van der Waals surface area contributed by atoms with Gasteiger partial charge >= 0.3 is 0 Å². The van der Waals surface area contributed by atoms with Crippen LogP contribution in [0.2, 0.25) is 0 Å². The third kappa shape index (κ3) is 2.30. The summed E-state index contributed by atoms with van der Waals surface area (Å²) >= 11 is 1.36. The van der Waals surface area contributed by atoms with Crippen molar-refractivity contribution in [3.63, 3.8) is 0 Å². The van der Waals surface area contributed by atoms with Crippen LogP contribution >= 0.6 is 11.3 Å². The first-order valence-electron chi connectivity index (χ1n) is 6.66. The van der Waals surface area contributed by atoms with E-state index < -0.39 is 12.0 Å². The highest BCUT2D eigenvalue weighted by Crippen LogP contribution is 2.30. The molecule has 2 heterocycles. The zero-order chi connectivity index (χ0) is 15.0. The molecule has 1 amide bonds. The average molecular weight is 299 g/mol. The van der Waals surface area contributed by atoms with Gasteiger partial charge in [-0.3, -0.25) is 9.59 Å². The lowest BCUT2D eigenvalue weighted by atomic mass is 9.98. The van der Waals surface area contributed by atoms with Crippen LogP contribution in [0.5, 0.6) is 0 Å². The van der Waals surface area contributed by atoms with Crippen LogP contribution in [-0.4, -0.2) is 34.7 Å². The molecule has 1 aliphatic heterocycles. The number of amides is 1. The summed E-state index contributed by atoms with van der Waals surface area (Å²) in [6.07, 6.45) is 0.849. The van der Waals surface area contributed by atoms with E-state index in [2.05, 4.69) is 11.1 Å². The Kier molecular flexibility index (Phi) is 3.43. The van der Waals surface area contributed by atoms with E-state index in [0.717, 1.165) is 10.2 Å². The zero-order valence-electron chi connectivity index (χ0n) is 11.4. The number of ketones is 1. The molecule has 2 unspecified atom stereocenters. The number of aromatic nitrogens is 1. The number of thiazole rings is 1. The minimum Gasteiger partial charge on any atom is -0.336 e. The Labute approximate surface area is 125 Å². The Hall–Kier alpha value is -2.26. The summed E-state index contributed by atoms with van der Waals surface area (Å²) in [5.74, 6) is -1.18. The summed E-state index contributed by atoms with van der Waals surface area (Å²) in [7, 11) is 1.62. The fourth-order valence-electron chi connectivity index (χ4n) is 2.58. The molecule has 0 radical (unpaired) electrons. The first-order chi connectivity index (χ1) is 10.1. The van der Waals surface area contributed by atoms with E-state index in [9.17, 15) is 14.9 Å². The Morgan fingerprint density at radius 1 is 1.52 bits per heavy atom. The van der Waals surface area contributed by atoms with Crippen molar-refractivity contribution >= 4 is 33.2 Å². The Morgan fingerprint density at radius 2 is 2.29 bits per heavy atom. The number of likely N-dealkylation sites (tertiary alicyclic amines) is 1. The van der Waals surface area contributed by atoms with Gasteiger partial charge in [0.05, 0.1) is 22.3 Å². The molecule has 1 saturated heterocycles. The highest BCUT2D eigenvalue weighted by molar-refractivity contribution is 7.18. The number of fused-ring (bicyclic) bond motifs is 1. The fraction of sp³-hybridized carbons (Fsp3) is 0.333. The van der Waals surface area contributed by atoms with E-state index in [0.29, 0.717) is 17.8 Å². The van der Waals surface area contributed by atoms with E-state index in [4.69, 9.17) is 0 Å². The van der Waals surface area contributed by atoms with Gasteiger partial charge in [0.2, 0.25) is 5.91 Å². The zero-order valence-corrected chi connectivity index (χ0v) is 12.3. The number of para-hydroxylation sites is 1. The summed E-state index contributed by atoms with van der Waals surface area (Å²) in [5.41, 5.74) is 0.793. The van der Waals surface area contributed by atoms with Crippen molar-refractivity contribution in [2.75, 3.05) is 7.05 Å². The van der Waals surface area contributed by atoms with Crippen molar-refractivity contribution < 1.29 is 9.59 Å². The summed E-state index contributed by atoms with van der Waals surface area (Å²) < 4.78 is 0.955. The number of hydrogen-bond donors (Lipinski definition) is 0. The maximum absolute atomic E-state index is 12.6. The average Bonchev–Trinajstić information content (AvgIpc) is 3.04. The van der Waals surface area contributed by atoms with Gasteiger partial charge in [-0.05, 0) is 18.6 Å². The second kappa shape index (κ2) is 5.26. The van der Waals surface area contributed by atoms with Crippen LogP contribution in [0.3, 0.4) is 0 Å². The van der Waals surface area contributed by atoms with Gasteiger partial charge < -0.3 is 4.90 Å². The van der Waals surface area contributed by atoms with Crippen molar-refractivity contribution in [1.82, 2.24) is 9.88 Å². The first kappa shape index (κ1) is 13.7. The second-order valence-electron chi connectivity index (χ2n) is 5.04. The van der Waals surface area contributed by atoms with Crippen LogP contribution in [0, 0.1) is 11.3 Å². The predicted molar refractivity (Wildman–Crippen MR) is 78.8 cm³/mol. The number of likely N-dealkylation sites (N-methyl/N-ethyl adjacent to an activating group) is 1. The molecule has 2 atom stereocenters. The number of nitrogens with zero attached hydrogens (tertiary/aromatic N) is 3. The molecule has 1 aliphatic rings. The lowest BCUT2D eigenvalue weighted by Crippen LogP contribution is -2.37. The summed E-state index contributed by atoms with van der Waals surface area (Å²) in [6, 6.07) is 9.10. The van der Waals surface area contributed by atoms with Gasteiger partial charge in [0.1, 0.15) is 5.01 Å². The molecule has 5 nitrogen and oxygen atoms in total. The van der Waals surface area contributed by atoms with Crippen LogP contribution < -0.4 is 0 Å². The molecule has 6 heteroatoms. The maximum Gasteiger partial charge on any atom is 0.223 e. The molecule has 3 rings (SSSR count). The highest BCUT2D eigenvalue weighted by Gasteiger charge is 2.38. The first-order valence-corrected chi connectivity index (χ1v) is 7.48. The SMILES string of the molecule is CN1C(=O)CCC1C(=O)C(C#N)c1nc2ccccc2s1. The molecule has 0 bridgehead atoms. The number of Topliss-reactive ketones (excluding diaryl/α,β-unsaturated/α-hetero) is 1. The van der Waals surface area contributed by atoms with Gasteiger partial charge in [-0.1, -0.05) is 12.1 Å². The molecule has 1 aromatic heterocycles. The van der Waals surface area contributed by atoms with Crippen molar-refractivity contribution in [2.24, 2.45) is 0 Å². The number of benzene rings is 1. The van der Waals surface area contributed by atoms with Crippen molar-refractivity contribution in [1.29, 1.82) is 5.26 Å². The molecular formula is C15H13N3O2S. The number of carbonyl (C=O) groups excluding carboxylic acids is 2. The van der Waals surface area contributed by atoms with Crippen LogP contribution in [0.4, 0.5) is 0 Å². The molecular weight excluding hydrogens is 286 g/mol. The molecule has 1 fully saturated rings. The van der Waals surface area contributed by atoms with Crippen LogP contribution in [0.25, 0.3) is 10.2 Å². The van der Waals surface area contributed by atoms with Gasteiger partial charge in [-0.25, -0.2) is 4.98 Å². The van der Waals surface area contributed by atoms with Gasteiger partial charge in [0, 0.05) is 13.5 Å². The molecule has 0 spiro atoms. The largest absolute Gasteiger partial charge is 0.336 e. The smallest absolute Gasteiger partial charge is 0.223 e. The van der Waals surface area contributed by atoms with E-state index in [1.807, 2.05) is 24.3 Å². The third-order valence-electron chi connectivity index (χ3n) is 3.79. The van der Waals surface area contributed by atoms with Crippen molar-refractivity contribution in [3.8, 4) is 6.07 Å². The van der Waals surface area contributed by atoms with Gasteiger partial charge in [0.25, 0.3) is 0 Å².